The van der Waals surface area contributed by atoms with Crippen LogP contribution in [-0.2, 0) is 11.4 Å². The van der Waals surface area contributed by atoms with Gasteiger partial charge in [0.15, 0.2) is 17.6 Å². The molecular formula is C24H22BrClN2O4. The lowest BCUT2D eigenvalue weighted by Gasteiger charge is -2.13. The van der Waals surface area contributed by atoms with Crippen molar-refractivity contribution in [3.05, 3.63) is 87.4 Å². The van der Waals surface area contributed by atoms with Crippen LogP contribution in [0.15, 0.2) is 76.3 Å². The molecule has 1 atom stereocenters. The Balaban J connectivity index is 1.54. The first-order valence-corrected chi connectivity index (χ1v) is 10.9. The third-order valence-corrected chi connectivity index (χ3v) is 5.16. The number of hydrogen-bond acceptors (Lipinski definition) is 5. The largest absolute Gasteiger partial charge is 0.493 e. The third-order valence-electron chi connectivity index (χ3n) is 4.38. The van der Waals surface area contributed by atoms with Gasteiger partial charge in [-0.3, -0.25) is 4.79 Å². The van der Waals surface area contributed by atoms with Crippen molar-refractivity contribution >= 4 is 39.7 Å². The predicted molar refractivity (Wildman–Crippen MR) is 129 cm³/mol. The second-order valence-electron chi connectivity index (χ2n) is 6.77. The Morgan fingerprint density at radius 2 is 1.81 bits per heavy atom. The summed E-state index contributed by atoms with van der Waals surface area (Å²) >= 11 is 9.26. The Bertz CT molecular complexity index is 1070. The van der Waals surface area contributed by atoms with E-state index in [0.717, 1.165) is 15.6 Å². The fourth-order valence-corrected chi connectivity index (χ4v) is 3.05. The topological polar surface area (TPSA) is 69.2 Å². The average molecular weight is 518 g/mol. The minimum Gasteiger partial charge on any atom is -0.493 e. The number of nitrogens with one attached hydrogen (secondary N) is 1. The maximum atomic E-state index is 12.2. The summed E-state index contributed by atoms with van der Waals surface area (Å²) in [6.45, 7) is 2.04. The van der Waals surface area contributed by atoms with Crippen LogP contribution in [0.1, 0.15) is 18.1 Å². The molecule has 3 aromatic rings. The molecule has 0 bridgehead atoms. The van der Waals surface area contributed by atoms with E-state index in [-0.39, 0.29) is 5.91 Å². The Morgan fingerprint density at radius 1 is 1.09 bits per heavy atom. The first kappa shape index (κ1) is 23.6. The molecule has 1 amide bonds. The highest BCUT2D eigenvalue weighted by Gasteiger charge is 2.14. The van der Waals surface area contributed by atoms with Gasteiger partial charge < -0.3 is 14.2 Å². The van der Waals surface area contributed by atoms with E-state index in [1.54, 1.807) is 38.3 Å². The van der Waals surface area contributed by atoms with Crippen molar-refractivity contribution in [2.24, 2.45) is 5.10 Å². The molecular weight excluding hydrogens is 496 g/mol. The number of nitrogens with zero attached hydrogens (tertiary/aromatic N) is 1. The number of carbonyl (C=O) groups is 1. The second-order valence-corrected chi connectivity index (χ2v) is 8.13. The quantitative estimate of drug-likeness (QED) is 0.296. The number of rotatable bonds is 9. The Morgan fingerprint density at radius 3 is 2.50 bits per heavy atom. The van der Waals surface area contributed by atoms with Gasteiger partial charge >= 0.3 is 0 Å². The van der Waals surface area contributed by atoms with E-state index in [4.69, 9.17) is 25.8 Å². The SMILES string of the molecule is COc1cc(/C=N/NC(=O)C(C)Oc2ccc(Br)cc2)ccc1OCc1ccc(Cl)cc1. The van der Waals surface area contributed by atoms with Gasteiger partial charge in [0, 0.05) is 9.50 Å². The smallest absolute Gasteiger partial charge is 0.280 e. The normalized spacial score (nSPS) is 11.8. The first-order valence-electron chi connectivity index (χ1n) is 9.75. The van der Waals surface area contributed by atoms with Crippen LogP contribution in [0.2, 0.25) is 5.02 Å². The molecule has 1 N–H and O–H groups in total. The number of amides is 1. The molecule has 0 aliphatic heterocycles. The first-order chi connectivity index (χ1) is 15.4. The third kappa shape index (κ3) is 7.00. The summed E-state index contributed by atoms with van der Waals surface area (Å²) in [5.74, 6) is 1.39. The van der Waals surface area contributed by atoms with Crippen molar-refractivity contribution in [2.45, 2.75) is 19.6 Å². The van der Waals surface area contributed by atoms with Gasteiger partial charge in [0.1, 0.15) is 12.4 Å². The highest BCUT2D eigenvalue weighted by atomic mass is 79.9. The molecule has 0 aliphatic rings. The lowest BCUT2D eigenvalue weighted by Crippen LogP contribution is -2.33. The summed E-state index contributed by atoms with van der Waals surface area (Å²) in [6, 6.07) is 20.1. The Kier molecular flexibility index (Phi) is 8.53. The van der Waals surface area contributed by atoms with E-state index < -0.39 is 6.10 Å². The summed E-state index contributed by atoms with van der Waals surface area (Å²) in [7, 11) is 1.56. The van der Waals surface area contributed by atoms with Crippen LogP contribution in [0.5, 0.6) is 17.2 Å². The van der Waals surface area contributed by atoms with E-state index in [0.29, 0.717) is 28.9 Å². The van der Waals surface area contributed by atoms with Crippen LogP contribution in [0.4, 0.5) is 0 Å². The number of hydrazone groups is 1. The van der Waals surface area contributed by atoms with Crippen LogP contribution in [-0.4, -0.2) is 25.3 Å². The molecule has 3 rings (SSSR count). The van der Waals surface area contributed by atoms with Gasteiger partial charge in [-0.15, -0.1) is 0 Å². The van der Waals surface area contributed by atoms with Crippen LogP contribution in [0, 0.1) is 0 Å². The van der Waals surface area contributed by atoms with Crippen LogP contribution in [0.3, 0.4) is 0 Å². The summed E-state index contributed by atoms with van der Waals surface area (Å²) in [6.07, 6.45) is 0.821. The number of ether oxygens (including phenoxy) is 3. The molecule has 0 saturated heterocycles. The summed E-state index contributed by atoms with van der Waals surface area (Å²) in [4.78, 5) is 12.2. The van der Waals surface area contributed by atoms with Gasteiger partial charge in [-0.1, -0.05) is 39.7 Å². The van der Waals surface area contributed by atoms with Crippen molar-refractivity contribution in [1.29, 1.82) is 0 Å². The van der Waals surface area contributed by atoms with Crippen molar-refractivity contribution in [2.75, 3.05) is 7.11 Å². The number of carbonyl (C=O) groups excluding carboxylic acids is 1. The van der Waals surface area contributed by atoms with Gasteiger partial charge in [-0.2, -0.15) is 5.10 Å². The summed E-state index contributed by atoms with van der Waals surface area (Å²) in [5.41, 5.74) is 4.21. The monoisotopic (exact) mass is 516 g/mol. The molecule has 6 nitrogen and oxygen atoms in total. The summed E-state index contributed by atoms with van der Waals surface area (Å²) in [5, 5.41) is 4.68. The van der Waals surface area contributed by atoms with E-state index in [1.807, 2.05) is 42.5 Å². The zero-order valence-electron chi connectivity index (χ0n) is 17.5. The standard InChI is InChI=1S/C24H22BrClN2O4/c1-16(32-21-10-6-19(25)7-11-21)24(29)28-27-14-18-5-12-22(23(13-18)30-2)31-15-17-3-8-20(26)9-4-17/h3-14,16H,15H2,1-2H3,(H,28,29)/b27-14+. The lowest BCUT2D eigenvalue weighted by atomic mass is 10.2. The zero-order chi connectivity index (χ0) is 22.9. The van der Waals surface area contributed by atoms with Crippen LogP contribution in [0.25, 0.3) is 0 Å². The second kappa shape index (κ2) is 11.5. The molecule has 0 aliphatic carbocycles. The maximum absolute atomic E-state index is 12.2. The van der Waals surface area contributed by atoms with Crippen LogP contribution < -0.4 is 19.6 Å². The Labute approximate surface area is 200 Å². The van der Waals surface area contributed by atoms with Crippen molar-refractivity contribution in [1.82, 2.24) is 5.43 Å². The highest BCUT2D eigenvalue weighted by Crippen LogP contribution is 2.28. The number of benzene rings is 3. The molecule has 0 saturated carbocycles. The number of halogens is 2. The fraction of sp³-hybridized carbons (Fsp3) is 0.167. The molecule has 32 heavy (non-hydrogen) atoms. The van der Waals surface area contributed by atoms with Gasteiger partial charge in [-0.05, 0) is 72.6 Å². The molecule has 166 valence electrons. The van der Waals surface area contributed by atoms with Crippen molar-refractivity contribution in [3.8, 4) is 17.2 Å². The van der Waals surface area contributed by atoms with E-state index >= 15 is 0 Å². The molecule has 1 unspecified atom stereocenters. The molecule has 0 heterocycles. The minimum absolute atomic E-state index is 0.362. The average Bonchev–Trinajstić information content (AvgIpc) is 2.80. The minimum atomic E-state index is -0.702. The lowest BCUT2D eigenvalue weighted by molar-refractivity contribution is -0.127. The maximum Gasteiger partial charge on any atom is 0.280 e. The highest BCUT2D eigenvalue weighted by molar-refractivity contribution is 9.10. The van der Waals surface area contributed by atoms with Gasteiger partial charge in [-0.25, -0.2) is 5.43 Å². The predicted octanol–water partition coefficient (Wildman–Crippen LogP) is 5.61. The Hall–Kier alpha value is -3.03. The molecule has 0 spiro atoms. The molecule has 3 aromatic carbocycles. The zero-order valence-corrected chi connectivity index (χ0v) is 19.9. The molecule has 0 aromatic heterocycles. The van der Waals surface area contributed by atoms with Gasteiger partial charge in [0.25, 0.3) is 5.91 Å². The summed E-state index contributed by atoms with van der Waals surface area (Å²) < 4.78 is 17.8. The number of hydrogen-bond donors (Lipinski definition) is 1. The molecule has 8 heteroatoms. The molecule has 0 fully saturated rings. The van der Waals surface area contributed by atoms with E-state index in [9.17, 15) is 4.79 Å². The van der Waals surface area contributed by atoms with E-state index in [2.05, 4.69) is 26.5 Å². The van der Waals surface area contributed by atoms with Crippen LogP contribution >= 0.6 is 27.5 Å². The molecule has 0 radical (unpaired) electrons. The van der Waals surface area contributed by atoms with Crippen molar-refractivity contribution < 1.29 is 19.0 Å². The van der Waals surface area contributed by atoms with E-state index in [1.165, 1.54) is 6.21 Å². The van der Waals surface area contributed by atoms with Gasteiger partial charge in [0.05, 0.1) is 13.3 Å². The van der Waals surface area contributed by atoms with Gasteiger partial charge in [0.2, 0.25) is 0 Å². The fourth-order valence-electron chi connectivity index (χ4n) is 2.66. The number of methoxy groups -OCH3 is 1. The van der Waals surface area contributed by atoms with Crippen molar-refractivity contribution in [3.63, 3.8) is 0 Å².